The molecular weight excluding hydrogens is 130 g/mol. The van der Waals surface area contributed by atoms with Crippen LogP contribution in [-0.2, 0) is 0 Å². The molecule has 0 bridgehead atoms. The molecule has 0 heterocycles. The summed E-state index contributed by atoms with van der Waals surface area (Å²) in [5, 5.41) is 12.6. The number of aliphatic hydroxyl groups excluding tert-OH is 1. The highest BCUT2D eigenvalue weighted by Gasteiger charge is 2.16. The maximum atomic E-state index is 9.18. The molecule has 54 valence electrons. The van der Waals surface area contributed by atoms with Gasteiger partial charge in [0.2, 0.25) is 0 Å². The summed E-state index contributed by atoms with van der Waals surface area (Å²) in [6.07, 6.45) is 4.75. The lowest BCUT2D eigenvalue weighted by atomic mass is 10.0. The Balaban J connectivity index is 2.63. The Morgan fingerprint density at radius 1 is 1.70 bits per heavy atom. The van der Waals surface area contributed by atoms with Crippen LogP contribution in [0.25, 0.3) is 10.4 Å². The van der Waals surface area contributed by atoms with Gasteiger partial charge in [-0.2, -0.15) is 0 Å². The van der Waals surface area contributed by atoms with Gasteiger partial charge in [-0.1, -0.05) is 17.3 Å². The molecule has 1 aliphatic carbocycles. The van der Waals surface area contributed by atoms with Crippen LogP contribution in [0.3, 0.4) is 0 Å². The predicted octanol–water partition coefficient (Wildman–Crippen LogP) is 1.38. The first-order valence-corrected chi connectivity index (χ1v) is 3.23. The topological polar surface area (TPSA) is 69.0 Å². The summed E-state index contributed by atoms with van der Waals surface area (Å²) < 4.78 is 0. The number of rotatable bonds is 1. The molecule has 0 aliphatic heterocycles. The summed E-state index contributed by atoms with van der Waals surface area (Å²) in [6.45, 7) is 0. The Hall–Kier alpha value is -0.990. The van der Waals surface area contributed by atoms with Crippen LogP contribution in [-0.4, -0.2) is 17.3 Å². The molecule has 0 saturated carbocycles. The fourth-order valence-electron chi connectivity index (χ4n) is 0.977. The van der Waals surface area contributed by atoms with Gasteiger partial charge in [0, 0.05) is 4.91 Å². The highest BCUT2D eigenvalue weighted by Crippen LogP contribution is 2.14. The third-order valence-corrected chi connectivity index (χ3v) is 1.54. The van der Waals surface area contributed by atoms with Crippen LogP contribution < -0.4 is 0 Å². The second-order valence-corrected chi connectivity index (χ2v) is 2.27. The number of aliphatic hydroxyl groups is 1. The van der Waals surface area contributed by atoms with Crippen molar-refractivity contribution in [2.75, 3.05) is 0 Å². The molecule has 0 aromatic carbocycles. The zero-order valence-electron chi connectivity index (χ0n) is 5.51. The summed E-state index contributed by atoms with van der Waals surface area (Å²) in [4.78, 5) is 2.62. The summed E-state index contributed by atoms with van der Waals surface area (Å²) in [5.41, 5.74) is 8.05. The molecular formula is C6H9N3O. The van der Waals surface area contributed by atoms with Crippen molar-refractivity contribution in [3.63, 3.8) is 0 Å². The minimum absolute atomic E-state index is 0.348. The van der Waals surface area contributed by atoms with E-state index in [0.717, 1.165) is 6.42 Å². The predicted molar refractivity (Wildman–Crippen MR) is 37.3 cm³/mol. The summed E-state index contributed by atoms with van der Waals surface area (Å²) in [7, 11) is 0. The van der Waals surface area contributed by atoms with E-state index in [1.165, 1.54) is 0 Å². The summed E-state index contributed by atoms with van der Waals surface area (Å²) >= 11 is 0. The lowest BCUT2D eigenvalue weighted by Gasteiger charge is -2.17. The number of hydrogen-bond donors (Lipinski definition) is 1. The lowest BCUT2D eigenvalue weighted by Crippen LogP contribution is -2.23. The number of allylic oxidation sites excluding steroid dienone is 1. The van der Waals surface area contributed by atoms with E-state index >= 15 is 0 Å². The van der Waals surface area contributed by atoms with E-state index in [4.69, 9.17) is 5.53 Å². The molecule has 1 rings (SSSR count). The smallest absolute Gasteiger partial charge is 0.0814 e. The van der Waals surface area contributed by atoms with Gasteiger partial charge in [0.15, 0.2) is 0 Å². The summed E-state index contributed by atoms with van der Waals surface area (Å²) in [6, 6.07) is -0.348. The van der Waals surface area contributed by atoms with Crippen molar-refractivity contribution in [1.82, 2.24) is 0 Å². The van der Waals surface area contributed by atoms with Crippen LogP contribution in [0.2, 0.25) is 0 Å². The Bertz CT molecular complexity index is 183. The summed E-state index contributed by atoms with van der Waals surface area (Å²) in [5.74, 6) is 0. The number of nitrogens with zero attached hydrogens (tertiary/aromatic N) is 3. The van der Waals surface area contributed by atoms with Gasteiger partial charge in [0.05, 0.1) is 12.1 Å². The minimum atomic E-state index is -0.485. The van der Waals surface area contributed by atoms with Crippen molar-refractivity contribution in [2.45, 2.75) is 25.0 Å². The Morgan fingerprint density at radius 2 is 2.50 bits per heavy atom. The Morgan fingerprint density at radius 3 is 3.10 bits per heavy atom. The van der Waals surface area contributed by atoms with Crippen molar-refractivity contribution in [3.05, 3.63) is 22.6 Å². The van der Waals surface area contributed by atoms with E-state index in [9.17, 15) is 5.11 Å². The Labute approximate surface area is 58.8 Å². The normalized spacial score (nSPS) is 31.3. The van der Waals surface area contributed by atoms with Crippen LogP contribution in [0.15, 0.2) is 17.3 Å². The monoisotopic (exact) mass is 139 g/mol. The molecule has 4 heteroatoms. The molecule has 0 fully saturated rings. The van der Waals surface area contributed by atoms with Crippen molar-refractivity contribution in [1.29, 1.82) is 0 Å². The average Bonchev–Trinajstić information content (AvgIpc) is 1.94. The minimum Gasteiger partial charge on any atom is -0.392 e. The zero-order chi connectivity index (χ0) is 7.40. The maximum Gasteiger partial charge on any atom is 0.0814 e. The van der Waals surface area contributed by atoms with Gasteiger partial charge in [0.1, 0.15) is 0 Å². The second kappa shape index (κ2) is 3.25. The average molecular weight is 139 g/mol. The van der Waals surface area contributed by atoms with Crippen LogP contribution in [0, 0.1) is 0 Å². The van der Waals surface area contributed by atoms with Gasteiger partial charge in [-0.25, -0.2) is 0 Å². The standard InChI is InChI=1S/C6H9N3O/c7-9-8-5-3-1-2-4-6(5)10/h1,3,5-6,10H,2,4H2. The largest absolute Gasteiger partial charge is 0.392 e. The molecule has 4 nitrogen and oxygen atoms in total. The van der Waals surface area contributed by atoms with Crippen LogP contribution in [0.5, 0.6) is 0 Å². The molecule has 0 amide bonds. The van der Waals surface area contributed by atoms with Crippen LogP contribution >= 0.6 is 0 Å². The molecule has 10 heavy (non-hydrogen) atoms. The van der Waals surface area contributed by atoms with Gasteiger partial charge in [-0.05, 0) is 18.4 Å². The Kier molecular flexibility index (Phi) is 2.31. The van der Waals surface area contributed by atoms with Crippen molar-refractivity contribution < 1.29 is 5.11 Å². The molecule has 2 atom stereocenters. The molecule has 1 aliphatic rings. The third-order valence-electron chi connectivity index (χ3n) is 1.54. The molecule has 0 spiro atoms. The van der Waals surface area contributed by atoms with E-state index in [1.54, 1.807) is 6.08 Å². The maximum absolute atomic E-state index is 9.18. The van der Waals surface area contributed by atoms with Gasteiger partial charge in [-0.3, -0.25) is 0 Å². The van der Waals surface area contributed by atoms with Crippen LogP contribution in [0.4, 0.5) is 0 Å². The van der Waals surface area contributed by atoms with E-state index < -0.39 is 6.10 Å². The molecule has 0 aromatic rings. The number of azide groups is 1. The van der Waals surface area contributed by atoms with Crippen LogP contribution in [0.1, 0.15) is 12.8 Å². The van der Waals surface area contributed by atoms with E-state index in [1.807, 2.05) is 6.08 Å². The van der Waals surface area contributed by atoms with E-state index in [-0.39, 0.29) is 6.04 Å². The quantitative estimate of drug-likeness (QED) is 0.253. The molecule has 0 aromatic heterocycles. The van der Waals surface area contributed by atoms with Gasteiger partial charge in [-0.15, -0.1) is 0 Å². The number of hydrogen-bond acceptors (Lipinski definition) is 2. The third kappa shape index (κ3) is 1.50. The van der Waals surface area contributed by atoms with Crippen molar-refractivity contribution in [3.8, 4) is 0 Å². The first-order chi connectivity index (χ1) is 4.84. The first kappa shape index (κ1) is 7.12. The van der Waals surface area contributed by atoms with Gasteiger partial charge in [0.25, 0.3) is 0 Å². The second-order valence-electron chi connectivity index (χ2n) is 2.27. The SMILES string of the molecule is [N-]=[N+]=NC1C=CCCC1O. The fourth-order valence-corrected chi connectivity index (χ4v) is 0.977. The molecule has 0 radical (unpaired) electrons. The molecule has 1 N–H and O–H groups in total. The van der Waals surface area contributed by atoms with Crippen molar-refractivity contribution in [2.24, 2.45) is 5.11 Å². The first-order valence-electron chi connectivity index (χ1n) is 3.23. The van der Waals surface area contributed by atoms with Crippen molar-refractivity contribution >= 4 is 0 Å². The molecule has 0 saturated heterocycles. The van der Waals surface area contributed by atoms with Gasteiger partial charge >= 0.3 is 0 Å². The van der Waals surface area contributed by atoms with Gasteiger partial charge < -0.3 is 5.11 Å². The van der Waals surface area contributed by atoms with E-state index in [2.05, 4.69) is 10.0 Å². The molecule has 2 unspecified atom stereocenters. The lowest BCUT2D eigenvalue weighted by molar-refractivity contribution is 0.147. The highest BCUT2D eigenvalue weighted by molar-refractivity contribution is 5.02. The zero-order valence-corrected chi connectivity index (χ0v) is 5.51. The highest BCUT2D eigenvalue weighted by atomic mass is 16.3. The van der Waals surface area contributed by atoms with E-state index in [0.29, 0.717) is 6.42 Å². The fraction of sp³-hybridized carbons (Fsp3) is 0.667.